The first-order chi connectivity index (χ1) is 6.08. The fourth-order valence-electron chi connectivity index (χ4n) is 0.909. The molecule has 13 heavy (non-hydrogen) atoms. The molecule has 0 aliphatic carbocycles. The van der Waals surface area contributed by atoms with E-state index in [0.29, 0.717) is 13.2 Å². The highest BCUT2D eigenvalue weighted by molar-refractivity contribution is 7.53. The summed E-state index contributed by atoms with van der Waals surface area (Å²) in [4.78, 5) is 10.2. The standard InChI is InChI=1S/C8H16O4P/c1-4-11-13(10,12-5-2)7-8(3)6-9/h8H,4-5,7H2,1-3H3. The van der Waals surface area contributed by atoms with Gasteiger partial charge in [0.1, 0.15) is 0 Å². The van der Waals surface area contributed by atoms with Gasteiger partial charge in [-0.25, -0.2) is 0 Å². The second-order valence-corrected chi connectivity index (χ2v) is 4.75. The Kier molecular flexibility index (Phi) is 6.21. The van der Waals surface area contributed by atoms with Crippen LogP contribution in [-0.4, -0.2) is 25.7 Å². The highest BCUT2D eigenvalue weighted by atomic mass is 31.2. The van der Waals surface area contributed by atoms with E-state index in [-0.39, 0.29) is 6.16 Å². The van der Waals surface area contributed by atoms with Gasteiger partial charge < -0.3 is 9.05 Å². The van der Waals surface area contributed by atoms with Crippen molar-refractivity contribution >= 4 is 13.9 Å². The third-order valence-corrected chi connectivity index (χ3v) is 3.65. The molecule has 0 heterocycles. The molecule has 4 nitrogen and oxygen atoms in total. The van der Waals surface area contributed by atoms with Gasteiger partial charge in [-0.15, -0.1) is 0 Å². The number of hydrogen-bond donors (Lipinski definition) is 0. The quantitative estimate of drug-likeness (QED) is 0.599. The Labute approximate surface area is 79.1 Å². The molecule has 0 saturated carbocycles. The zero-order valence-corrected chi connectivity index (χ0v) is 9.17. The molecule has 0 aromatic rings. The van der Waals surface area contributed by atoms with Crippen molar-refractivity contribution < 1.29 is 18.4 Å². The van der Waals surface area contributed by atoms with Crippen LogP contribution in [0.3, 0.4) is 0 Å². The summed E-state index contributed by atoms with van der Waals surface area (Å²) < 4.78 is 21.8. The number of carbonyl (C=O) groups excluding carboxylic acids is 1. The van der Waals surface area contributed by atoms with E-state index in [9.17, 15) is 9.36 Å². The fourth-order valence-corrected chi connectivity index (χ4v) is 2.73. The normalized spacial score (nSPS) is 14.1. The molecule has 77 valence electrons. The molecule has 5 heteroatoms. The highest BCUT2D eigenvalue weighted by Gasteiger charge is 2.26. The van der Waals surface area contributed by atoms with Crippen molar-refractivity contribution in [3.05, 3.63) is 0 Å². The summed E-state index contributed by atoms with van der Waals surface area (Å²) in [6.07, 6.45) is 1.86. The zero-order valence-electron chi connectivity index (χ0n) is 8.28. The van der Waals surface area contributed by atoms with Gasteiger partial charge in [0, 0.05) is 5.92 Å². The predicted octanol–water partition coefficient (Wildman–Crippen LogP) is 2.00. The maximum absolute atomic E-state index is 11.8. The highest BCUT2D eigenvalue weighted by Crippen LogP contribution is 2.49. The second kappa shape index (κ2) is 6.30. The Morgan fingerprint density at radius 1 is 1.31 bits per heavy atom. The fraction of sp³-hybridized carbons (Fsp3) is 0.875. The largest absolute Gasteiger partial charge is 0.331 e. The summed E-state index contributed by atoms with van der Waals surface area (Å²) in [6.45, 7) is 5.76. The van der Waals surface area contributed by atoms with E-state index in [4.69, 9.17) is 9.05 Å². The van der Waals surface area contributed by atoms with Crippen LogP contribution < -0.4 is 0 Å². The Morgan fingerprint density at radius 2 is 1.77 bits per heavy atom. The zero-order chi connectivity index (χ0) is 10.3. The van der Waals surface area contributed by atoms with E-state index in [1.807, 2.05) is 0 Å². The van der Waals surface area contributed by atoms with Crippen LogP contribution in [0, 0.1) is 5.92 Å². The topological polar surface area (TPSA) is 52.6 Å². The van der Waals surface area contributed by atoms with Crippen LogP contribution in [0.2, 0.25) is 0 Å². The van der Waals surface area contributed by atoms with Crippen molar-refractivity contribution in [2.45, 2.75) is 20.8 Å². The SMILES string of the molecule is CCOP(=O)(CC(C)[C]=O)OCC. The molecule has 0 rings (SSSR count). The smallest absolute Gasteiger partial charge is 0.309 e. The van der Waals surface area contributed by atoms with E-state index in [1.54, 1.807) is 27.1 Å². The molecule has 0 saturated heterocycles. The van der Waals surface area contributed by atoms with Crippen molar-refractivity contribution in [2.24, 2.45) is 5.92 Å². The van der Waals surface area contributed by atoms with Crippen LogP contribution in [0.1, 0.15) is 20.8 Å². The maximum atomic E-state index is 11.8. The maximum Gasteiger partial charge on any atom is 0.331 e. The number of hydrogen-bond acceptors (Lipinski definition) is 4. The third kappa shape index (κ3) is 5.19. The van der Waals surface area contributed by atoms with Gasteiger partial charge in [-0.2, -0.15) is 0 Å². The van der Waals surface area contributed by atoms with Gasteiger partial charge in [-0.05, 0) is 13.8 Å². The van der Waals surface area contributed by atoms with Gasteiger partial charge in [0.05, 0.1) is 19.4 Å². The third-order valence-electron chi connectivity index (χ3n) is 1.35. The van der Waals surface area contributed by atoms with Crippen LogP contribution >= 0.6 is 7.60 Å². The summed E-state index contributed by atoms with van der Waals surface area (Å²) in [7, 11) is -3.05. The average molecular weight is 207 g/mol. The van der Waals surface area contributed by atoms with Crippen molar-refractivity contribution in [3.8, 4) is 0 Å². The second-order valence-electron chi connectivity index (χ2n) is 2.65. The lowest BCUT2D eigenvalue weighted by molar-refractivity contribution is 0.218. The monoisotopic (exact) mass is 207 g/mol. The summed E-state index contributed by atoms with van der Waals surface area (Å²) in [5, 5.41) is 0. The first-order valence-electron chi connectivity index (χ1n) is 4.33. The van der Waals surface area contributed by atoms with Crippen molar-refractivity contribution in [1.29, 1.82) is 0 Å². The first kappa shape index (κ1) is 12.8. The van der Waals surface area contributed by atoms with Crippen LogP contribution in [0.15, 0.2) is 0 Å². The Hall–Kier alpha value is -0.180. The molecule has 0 amide bonds. The van der Waals surface area contributed by atoms with Gasteiger partial charge in [-0.3, -0.25) is 9.36 Å². The average Bonchev–Trinajstić information content (AvgIpc) is 2.04. The lowest BCUT2D eigenvalue weighted by Gasteiger charge is -2.17. The molecular formula is C8H16O4P. The predicted molar refractivity (Wildman–Crippen MR) is 50.6 cm³/mol. The summed E-state index contributed by atoms with van der Waals surface area (Å²) in [5.41, 5.74) is 0. The minimum atomic E-state index is -3.05. The molecule has 0 spiro atoms. The molecule has 1 unspecified atom stereocenters. The number of rotatable bonds is 7. The van der Waals surface area contributed by atoms with E-state index in [2.05, 4.69) is 0 Å². The van der Waals surface area contributed by atoms with Gasteiger partial charge in [0.25, 0.3) is 0 Å². The van der Waals surface area contributed by atoms with Crippen molar-refractivity contribution in [2.75, 3.05) is 19.4 Å². The van der Waals surface area contributed by atoms with Crippen LogP contribution in [0.4, 0.5) is 0 Å². The van der Waals surface area contributed by atoms with E-state index in [0.717, 1.165) is 0 Å². The van der Waals surface area contributed by atoms with Gasteiger partial charge in [-0.1, -0.05) is 6.92 Å². The molecule has 1 radical (unpaired) electrons. The molecule has 1 atom stereocenters. The minimum absolute atomic E-state index is 0.109. The van der Waals surface area contributed by atoms with Crippen LogP contribution in [0.5, 0.6) is 0 Å². The molecular weight excluding hydrogens is 191 g/mol. The van der Waals surface area contributed by atoms with Gasteiger partial charge in [0.2, 0.25) is 6.29 Å². The minimum Gasteiger partial charge on any atom is -0.309 e. The van der Waals surface area contributed by atoms with Gasteiger partial charge in [0.15, 0.2) is 0 Å². The lowest BCUT2D eigenvalue weighted by atomic mass is 10.3. The Morgan fingerprint density at radius 3 is 2.08 bits per heavy atom. The summed E-state index contributed by atoms with van der Waals surface area (Å²) in [6, 6.07) is 0. The molecule has 0 fully saturated rings. The summed E-state index contributed by atoms with van der Waals surface area (Å²) >= 11 is 0. The summed E-state index contributed by atoms with van der Waals surface area (Å²) in [5.74, 6) is -0.413. The molecule has 0 aliphatic rings. The van der Waals surface area contributed by atoms with Crippen molar-refractivity contribution in [1.82, 2.24) is 0 Å². The van der Waals surface area contributed by atoms with Crippen molar-refractivity contribution in [3.63, 3.8) is 0 Å². The van der Waals surface area contributed by atoms with Crippen LogP contribution in [0.25, 0.3) is 0 Å². The van der Waals surface area contributed by atoms with E-state index >= 15 is 0 Å². The first-order valence-corrected chi connectivity index (χ1v) is 6.06. The van der Waals surface area contributed by atoms with Gasteiger partial charge >= 0.3 is 7.60 Å². The lowest BCUT2D eigenvalue weighted by Crippen LogP contribution is -2.08. The molecule has 0 aliphatic heterocycles. The van der Waals surface area contributed by atoms with E-state index in [1.165, 1.54) is 0 Å². The molecule has 0 aromatic carbocycles. The Balaban J connectivity index is 4.22. The van der Waals surface area contributed by atoms with E-state index < -0.39 is 13.5 Å². The Bertz CT molecular complexity index is 183. The molecule has 0 N–H and O–H groups in total. The molecule has 0 aromatic heterocycles. The van der Waals surface area contributed by atoms with Crippen LogP contribution in [-0.2, 0) is 18.4 Å². The molecule has 0 bridgehead atoms.